The Morgan fingerprint density at radius 2 is 2.04 bits per heavy atom. The number of carbonyl (C=O) groups is 1. The molecule has 0 aromatic heterocycles. The van der Waals surface area contributed by atoms with Crippen molar-refractivity contribution in [2.45, 2.75) is 37.0 Å². The number of anilines is 1. The molecule has 0 radical (unpaired) electrons. The van der Waals surface area contributed by atoms with Crippen LogP contribution in [0.1, 0.15) is 36.8 Å². The molecule has 0 spiro atoms. The van der Waals surface area contributed by atoms with Crippen LogP contribution in [0, 0.1) is 5.82 Å². The first kappa shape index (κ1) is 18.4. The van der Waals surface area contributed by atoms with E-state index < -0.39 is 15.8 Å². The fourth-order valence-electron chi connectivity index (χ4n) is 3.31. The first-order valence-electron chi connectivity index (χ1n) is 8.51. The third-order valence-corrected chi connectivity index (χ3v) is 5.92. The quantitative estimate of drug-likeness (QED) is 0.842. The highest BCUT2D eigenvalue weighted by molar-refractivity contribution is 7.92. The Morgan fingerprint density at radius 1 is 1.23 bits per heavy atom. The summed E-state index contributed by atoms with van der Waals surface area (Å²) in [7, 11) is -3.84. The SMILES string of the molecule is CC(=O)NCC1CCCc2cc(NS(=O)(=O)c3cccc(F)c3)ccc21. The summed E-state index contributed by atoms with van der Waals surface area (Å²) in [4.78, 5) is 11.0. The van der Waals surface area contributed by atoms with Gasteiger partial charge in [0.2, 0.25) is 5.91 Å². The summed E-state index contributed by atoms with van der Waals surface area (Å²) in [5.74, 6) is -0.424. The predicted molar refractivity (Wildman–Crippen MR) is 98.0 cm³/mol. The van der Waals surface area contributed by atoms with E-state index in [0.717, 1.165) is 36.5 Å². The zero-order chi connectivity index (χ0) is 18.7. The van der Waals surface area contributed by atoms with Gasteiger partial charge in [-0.1, -0.05) is 12.1 Å². The first-order chi connectivity index (χ1) is 12.3. The lowest BCUT2D eigenvalue weighted by molar-refractivity contribution is -0.119. The number of sulfonamides is 1. The van der Waals surface area contributed by atoms with E-state index in [1.54, 1.807) is 6.07 Å². The van der Waals surface area contributed by atoms with Crippen molar-refractivity contribution < 1.29 is 17.6 Å². The Labute approximate surface area is 152 Å². The lowest BCUT2D eigenvalue weighted by Crippen LogP contribution is -2.28. The molecule has 3 rings (SSSR count). The largest absolute Gasteiger partial charge is 0.356 e. The van der Waals surface area contributed by atoms with Crippen LogP contribution in [0.15, 0.2) is 47.4 Å². The van der Waals surface area contributed by atoms with Gasteiger partial charge in [-0.25, -0.2) is 12.8 Å². The van der Waals surface area contributed by atoms with Crippen LogP contribution in [-0.2, 0) is 21.2 Å². The van der Waals surface area contributed by atoms with Crippen LogP contribution in [0.2, 0.25) is 0 Å². The number of benzene rings is 2. The predicted octanol–water partition coefficient (Wildman–Crippen LogP) is 3.18. The number of fused-ring (bicyclic) bond motifs is 1. The van der Waals surface area contributed by atoms with E-state index >= 15 is 0 Å². The van der Waals surface area contributed by atoms with Gasteiger partial charge in [0.1, 0.15) is 5.82 Å². The van der Waals surface area contributed by atoms with Gasteiger partial charge in [0, 0.05) is 25.1 Å². The summed E-state index contributed by atoms with van der Waals surface area (Å²) in [5.41, 5.74) is 2.66. The van der Waals surface area contributed by atoms with Crippen molar-refractivity contribution in [2.24, 2.45) is 0 Å². The first-order valence-corrected chi connectivity index (χ1v) is 9.99. The number of hydrogen-bond donors (Lipinski definition) is 2. The Hall–Kier alpha value is -2.41. The van der Waals surface area contributed by atoms with Crippen molar-refractivity contribution >= 4 is 21.6 Å². The van der Waals surface area contributed by atoms with Crippen molar-refractivity contribution in [3.8, 4) is 0 Å². The van der Waals surface area contributed by atoms with Crippen LogP contribution in [0.5, 0.6) is 0 Å². The van der Waals surface area contributed by atoms with E-state index in [1.807, 2.05) is 12.1 Å². The minimum Gasteiger partial charge on any atom is -0.356 e. The Bertz CT molecular complexity index is 928. The maximum Gasteiger partial charge on any atom is 0.261 e. The average Bonchev–Trinajstić information content (AvgIpc) is 2.59. The van der Waals surface area contributed by atoms with Gasteiger partial charge >= 0.3 is 0 Å². The highest BCUT2D eigenvalue weighted by Gasteiger charge is 2.22. The van der Waals surface area contributed by atoms with Gasteiger partial charge in [0.25, 0.3) is 10.0 Å². The van der Waals surface area contributed by atoms with Crippen LogP contribution in [0.3, 0.4) is 0 Å². The topological polar surface area (TPSA) is 75.3 Å². The van der Waals surface area contributed by atoms with Crippen molar-refractivity contribution in [3.05, 3.63) is 59.4 Å². The normalized spacial score (nSPS) is 16.6. The summed E-state index contributed by atoms with van der Waals surface area (Å²) >= 11 is 0. The van der Waals surface area contributed by atoms with Crippen molar-refractivity contribution in [3.63, 3.8) is 0 Å². The zero-order valence-electron chi connectivity index (χ0n) is 14.5. The smallest absolute Gasteiger partial charge is 0.261 e. The molecule has 138 valence electrons. The summed E-state index contributed by atoms with van der Waals surface area (Å²) in [6.45, 7) is 2.07. The molecule has 0 saturated heterocycles. The molecule has 0 bridgehead atoms. The number of nitrogens with one attached hydrogen (secondary N) is 2. The summed E-state index contributed by atoms with van der Waals surface area (Å²) in [6, 6.07) is 10.4. The highest BCUT2D eigenvalue weighted by Crippen LogP contribution is 2.33. The van der Waals surface area contributed by atoms with Gasteiger partial charge in [-0.05, 0) is 60.7 Å². The molecule has 2 aromatic carbocycles. The number of amides is 1. The lowest BCUT2D eigenvalue weighted by Gasteiger charge is -2.26. The fourth-order valence-corrected chi connectivity index (χ4v) is 4.39. The molecular weight excluding hydrogens is 355 g/mol. The highest BCUT2D eigenvalue weighted by atomic mass is 32.2. The van der Waals surface area contributed by atoms with Crippen molar-refractivity contribution in [1.29, 1.82) is 0 Å². The molecule has 7 heteroatoms. The van der Waals surface area contributed by atoms with Gasteiger partial charge in [-0.2, -0.15) is 0 Å². The molecule has 2 N–H and O–H groups in total. The molecule has 0 fully saturated rings. The molecule has 0 aliphatic heterocycles. The van der Waals surface area contributed by atoms with Gasteiger partial charge in [-0.3, -0.25) is 9.52 Å². The van der Waals surface area contributed by atoms with Crippen LogP contribution in [0.4, 0.5) is 10.1 Å². The number of rotatable bonds is 5. The minimum absolute atomic E-state index is 0.0587. The Morgan fingerprint density at radius 3 is 2.77 bits per heavy atom. The van der Waals surface area contributed by atoms with E-state index in [2.05, 4.69) is 10.0 Å². The molecule has 5 nitrogen and oxygen atoms in total. The second kappa shape index (κ2) is 7.45. The summed E-state index contributed by atoms with van der Waals surface area (Å²) in [6.07, 6.45) is 2.83. The number of aryl methyl sites for hydroxylation is 1. The molecule has 0 heterocycles. The fraction of sp³-hybridized carbons (Fsp3) is 0.316. The standard InChI is InChI=1S/C19H21FN2O3S/c1-13(23)21-12-15-5-2-4-14-10-17(8-9-19(14)15)22-26(24,25)18-7-3-6-16(20)11-18/h3,6-11,15,22H,2,4-5,12H2,1H3,(H,21,23). The van der Waals surface area contributed by atoms with Crippen molar-refractivity contribution in [2.75, 3.05) is 11.3 Å². The maximum absolute atomic E-state index is 13.3. The minimum atomic E-state index is -3.84. The van der Waals surface area contributed by atoms with E-state index in [4.69, 9.17) is 0 Å². The molecule has 1 aliphatic carbocycles. The van der Waals surface area contributed by atoms with E-state index in [0.29, 0.717) is 12.2 Å². The van der Waals surface area contributed by atoms with Gasteiger partial charge < -0.3 is 5.32 Å². The van der Waals surface area contributed by atoms with E-state index in [9.17, 15) is 17.6 Å². The van der Waals surface area contributed by atoms with E-state index in [-0.39, 0.29) is 16.7 Å². The van der Waals surface area contributed by atoms with Gasteiger partial charge in [0.15, 0.2) is 0 Å². The summed E-state index contributed by atoms with van der Waals surface area (Å²) in [5, 5.41) is 2.85. The third kappa shape index (κ3) is 4.22. The van der Waals surface area contributed by atoms with Gasteiger partial charge in [-0.15, -0.1) is 0 Å². The van der Waals surface area contributed by atoms with Crippen LogP contribution < -0.4 is 10.0 Å². The zero-order valence-corrected chi connectivity index (χ0v) is 15.3. The second-order valence-corrected chi connectivity index (χ2v) is 8.19. The molecule has 1 aliphatic rings. The van der Waals surface area contributed by atoms with Crippen LogP contribution in [-0.4, -0.2) is 20.9 Å². The molecule has 1 unspecified atom stereocenters. The van der Waals surface area contributed by atoms with Crippen LogP contribution >= 0.6 is 0 Å². The second-order valence-electron chi connectivity index (χ2n) is 6.50. The average molecular weight is 376 g/mol. The molecule has 1 atom stereocenters. The van der Waals surface area contributed by atoms with Crippen molar-refractivity contribution in [1.82, 2.24) is 5.32 Å². The monoisotopic (exact) mass is 376 g/mol. The Balaban J connectivity index is 1.81. The summed E-state index contributed by atoms with van der Waals surface area (Å²) < 4.78 is 40.7. The van der Waals surface area contributed by atoms with Crippen LogP contribution in [0.25, 0.3) is 0 Å². The third-order valence-electron chi connectivity index (χ3n) is 4.54. The molecule has 1 amide bonds. The van der Waals surface area contributed by atoms with E-state index in [1.165, 1.54) is 25.1 Å². The molecule has 2 aromatic rings. The number of halogens is 1. The molecule has 0 saturated carbocycles. The Kier molecular flexibility index (Phi) is 5.27. The lowest BCUT2D eigenvalue weighted by atomic mass is 9.82. The molecular formula is C19H21FN2O3S. The van der Waals surface area contributed by atoms with Gasteiger partial charge in [0.05, 0.1) is 4.90 Å². The number of hydrogen-bond acceptors (Lipinski definition) is 3. The molecule has 26 heavy (non-hydrogen) atoms. The number of carbonyl (C=O) groups excluding carboxylic acids is 1. The maximum atomic E-state index is 13.3.